The van der Waals surface area contributed by atoms with Crippen molar-refractivity contribution in [3.63, 3.8) is 0 Å². The lowest BCUT2D eigenvalue weighted by atomic mass is 10.1. The van der Waals surface area contributed by atoms with E-state index in [0.717, 1.165) is 5.56 Å². The lowest BCUT2D eigenvalue weighted by Crippen LogP contribution is -2.06. The fraction of sp³-hybridized carbons (Fsp3) is 0.111. The van der Waals surface area contributed by atoms with Gasteiger partial charge >= 0.3 is 0 Å². The maximum absolute atomic E-state index is 13.8. The Morgan fingerprint density at radius 2 is 2.12 bits per heavy atom. The zero-order valence-electron chi connectivity index (χ0n) is 13.1. The van der Waals surface area contributed by atoms with Crippen LogP contribution in [0.2, 0.25) is 0 Å². The Balaban J connectivity index is 2.02. The molecule has 0 aliphatic rings. The lowest BCUT2D eigenvalue weighted by Gasteiger charge is -2.05. The summed E-state index contributed by atoms with van der Waals surface area (Å²) in [6, 6.07) is 12.7. The third kappa shape index (κ3) is 4.86. The zero-order chi connectivity index (χ0) is 17.4. The highest BCUT2D eigenvalue weighted by Crippen LogP contribution is 2.23. The normalized spacial score (nSPS) is 11.5. The van der Waals surface area contributed by atoms with Crippen molar-refractivity contribution in [1.82, 2.24) is 0 Å². The summed E-state index contributed by atoms with van der Waals surface area (Å²) in [5, 5.41) is 8.07. The molecule has 0 atom stereocenters. The molecule has 0 spiro atoms. The van der Waals surface area contributed by atoms with Crippen LogP contribution in [0.25, 0.3) is 0 Å². The van der Waals surface area contributed by atoms with Crippen LogP contribution >= 0.6 is 11.8 Å². The van der Waals surface area contributed by atoms with Crippen LogP contribution < -0.4 is 10.5 Å². The standard InChI is InChI=1S/C18H16FN3OS/c1-3-15-9-14(10-16(19)17(15)23-2)11-21-22-18(20)24-12-13-7-5-4-6-8-13/h1,4-11H,12H2,2H3,(H2,20,22). The number of amidine groups is 1. The lowest BCUT2D eigenvalue weighted by molar-refractivity contribution is 0.385. The quantitative estimate of drug-likeness (QED) is 0.392. The van der Waals surface area contributed by atoms with Crippen molar-refractivity contribution in [3.8, 4) is 18.1 Å². The van der Waals surface area contributed by atoms with Gasteiger partial charge in [0.15, 0.2) is 16.7 Å². The van der Waals surface area contributed by atoms with Crippen LogP contribution in [-0.2, 0) is 5.75 Å². The first kappa shape index (κ1) is 17.6. The van der Waals surface area contributed by atoms with Crippen molar-refractivity contribution in [2.75, 3.05) is 7.11 Å². The Hall–Kier alpha value is -2.78. The molecular weight excluding hydrogens is 325 g/mol. The van der Waals surface area contributed by atoms with E-state index in [2.05, 4.69) is 16.1 Å². The molecule has 2 aromatic rings. The van der Waals surface area contributed by atoms with Crippen LogP contribution in [0, 0.1) is 18.2 Å². The van der Waals surface area contributed by atoms with E-state index < -0.39 is 5.82 Å². The van der Waals surface area contributed by atoms with Crippen LogP contribution in [-0.4, -0.2) is 18.5 Å². The molecule has 0 aliphatic heterocycles. The van der Waals surface area contributed by atoms with Gasteiger partial charge in [0.25, 0.3) is 0 Å². The molecule has 0 aliphatic carbocycles. The minimum absolute atomic E-state index is 0.0380. The Kier molecular flexibility index (Phi) is 6.41. The van der Waals surface area contributed by atoms with Crippen LogP contribution in [0.1, 0.15) is 16.7 Å². The summed E-state index contributed by atoms with van der Waals surface area (Å²) in [4.78, 5) is 0. The molecule has 0 saturated heterocycles. The number of terminal acetylenes is 1. The third-order valence-electron chi connectivity index (χ3n) is 3.02. The molecule has 4 nitrogen and oxygen atoms in total. The molecule has 0 heterocycles. The van der Waals surface area contributed by atoms with Gasteiger partial charge in [0, 0.05) is 5.75 Å². The number of nitrogens with zero attached hydrogens (tertiary/aromatic N) is 2. The molecule has 0 radical (unpaired) electrons. The van der Waals surface area contributed by atoms with Gasteiger partial charge in [0.1, 0.15) is 0 Å². The predicted molar refractivity (Wildman–Crippen MR) is 97.8 cm³/mol. The number of methoxy groups -OCH3 is 1. The molecule has 0 amide bonds. The monoisotopic (exact) mass is 341 g/mol. The van der Waals surface area contributed by atoms with E-state index in [0.29, 0.717) is 22.0 Å². The summed E-state index contributed by atoms with van der Waals surface area (Å²) in [5.41, 5.74) is 7.72. The first-order valence-corrected chi connectivity index (χ1v) is 8.00. The van der Waals surface area contributed by atoms with E-state index in [4.69, 9.17) is 16.9 Å². The fourth-order valence-corrected chi connectivity index (χ4v) is 2.53. The SMILES string of the molecule is C#Cc1cc(C=NN=C(N)SCc2ccccc2)cc(F)c1OC. The maximum Gasteiger partial charge on any atom is 0.180 e. The van der Waals surface area contributed by atoms with Gasteiger partial charge in [-0.1, -0.05) is 48.0 Å². The molecule has 0 bridgehead atoms. The number of rotatable bonds is 5. The summed E-state index contributed by atoms with van der Waals surface area (Å²) < 4.78 is 18.8. The van der Waals surface area contributed by atoms with Crippen LogP contribution in [0.3, 0.4) is 0 Å². The second kappa shape index (κ2) is 8.75. The Labute approximate surface area is 144 Å². The molecular formula is C18H16FN3OS. The van der Waals surface area contributed by atoms with Crippen LogP contribution in [0.5, 0.6) is 5.75 Å². The number of hydrogen-bond donors (Lipinski definition) is 1. The smallest absolute Gasteiger partial charge is 0.180 e. The van der Waals surface area contributed by atoms with Gasteiger partial charge in [-0.25, -0.2) is 4.39 Å². The van der Waals surface area contributed by atoms with Crippen molar-refractivity contribution < 1.29 is 9.13 Å². The molecule has 0 saturated carbocycles. The van der Waals surface area contributed by atoms with E-state index in [1.165, 1.54) is 31.2 Å². The predicted octanol–water partition coefficient (Wildman–Crippen LogP) is 3.40. The average Bonchev–Trinajstić information content (AvgIpc) is 2.60. The van der Waals surface area contributed by atoms with E-state index in [9.17, 15) is 4.39 Å². The van der Waals surface area contributed by atoms with Crippen LogP contribution in [0.15, 0.2) is 52.7 Å². The van der Waals surface area contributed by atoms with E-state index >= 15 is 0 Å². The Bertz CT molecular complexity index is 798. The highest BCUT2D eigenvalue weighted by Gasteiger charge is 2.09. The molecule has 2 aromatic carbocycles. The summed E-state index contributed by atoms with van der Waals surface area (Å²) in [6.45, 7) is 0. The number of benzene rings is 2. The summed E-state index contributed by atoms with van der Waals surface area (Å²) in [6.07, 6.45) is 6.73. The first-order chi connectivity index (χ1) is 11.6. The van der Waals surface area contributed by atoms with Gasteiger partial charge in [0.2, 0.25) is 0 Å². The topological polar surface area (TPSA) is 60.0 Å². The molecule has 6 heteroatoms. The molecule has 0 aromatic heterocycles. The van der Waals surface area contributed by atoms with Gasteiger partial charge in [-0.05, 0) is 23.3 Å². The minimum Gasteiger partial charge on any atom is -0.492 e. The average molecular weight is 341 g/mol. The Morgan fingerprint density at radius 1 is 1.38 bits per heavy atom. The Morgan fingerprint density at radius 3 is 2.79 bits per heavy atom. The summed E-state index contributed by atoms with van der Waals surface area (Å²) >= 11 is 1.37. The van der Waals surface area contributed by atoms with E-state index in [-0.39, 0.29) is 5.75 Å². The van der Waals surface area contributed by atoms with Gasteiger partial charge in [-0.15, -0.1) is 11.5 Å². The molecule has 2 N–H and O–H groups in total. The minimum atomic E-state index is -0.551. The fourth-order valence-electron chi connectivity index (χ4n) is 1.92. The maximum atomic E-state index is 13.8. The summed E-state index contributed by atoms with van der Waals surface area (Å²) in [5.74, 6) is 2.56. The molecule has 2 rings (SSSR count). The largest absolute Gasteiger partial charge is 0.492 e. The van der Waals surface area contributed by atoms with Gasteiger partial charge in [0.05, 0.1) is 18.9 Å². The first-order valence-electron chi connectivity index (χ1n) is 7.01. The number of nitrogens with two attached hydrogens (primary N) is 1. The van der Waals surface area contributed by atoms with Crippen molar-refractivity contribution in [3.05, 3.63) is 65.0 Å². The number of thioether (sulfide) groups is 1. The van der Waals surface area contributed by atoms with E-state index in [1.54, 1.807) is 6.07 Å². The zero-order valence-corrected chi connectivity index (χ0v) is 13.9. The second-order valence-corrected chi connectivity index (χ2v) is 5.68. The highest BCUT2D eigenvalue weighted by molar-refractivity contribution is 8.13. The third-order valence-corrected chi connectivity index (χ3v) is 3.87. The van der Waals surface area contributed by atoms with Crippen molar-refractivity contribution in [2.45, 2.75) is 5.75 Å². The van der Waals surface area contributed by atoms with Gasteiger partial charge < -0.3 is 10.5 Å². The van der Waals surface area contributed by atoms with Crippen molar-refractivity contribution in [1.29, 1.82) is 0 Å². The number of halogens is 1. The van der Waals surface area contributed by atoms with Gasteiger partial charge in [-0.3, -0.25) is 0 Å². The highest BCUT2D eigenvalue weighted by atomic mass is 32.2. The molecule has 0 fully saturated rings. The van der Waals surface area contributed by atoms with Gasteiger partial charge in [-0.2, -0.15) is 5.10 Å². The van der Waals surface area contributed by atoms with Crippen molar-refractivity contribution in [2.24, 2.45) is 15.9 Å². The van der Waals surface area contributed by atoms with Crippen molar-refractivity contribution >= 4 is 23.1 Å². The number of ether oxygens (including phenoxy) is 1. The number of hydrogen-bond acceptors (Lipinski definition) is 4. The second-order valence-electron chi connectivity index (χ2n) is 4.68. The molecule has 122 valence electrons. The van der Waals surface area contributed by atoms with Crippen LogP contribution in [0.4, 0.5) is 4.39 Å². The van der Waals surface area contributed by atoms with E-state index in [1.807, 2.05) is 30.3 Å². The molecule has 0 unspecified atom stereocenters. The molecule has 24 heavy (non-hydrogen) atoms. The summed E-state index contributed by atoms with van der Waals surface area (Å²) in [7, 11) is 1.36.